The maximum Gasteiger partial charge on any atom is 0.186 e. The highest BCUT2D eigenvalue weighted by molar-refractivity contribution is 6.08. The number of ketones is 1. The quantitative estimate of drug-likeness (QED) is 0.816. The fourth-order valence-corrected chi connectivity index (χ4v) is 3.78. The zero-order valence-electron chi connectivity index (χ0n) is 14.4. The van der Waals surface area contributed by atoms with Crippen LogP contribution in [0.15, 0.2) is 23.8 Å². The summed E-state index contributed by atoms with van der Waals surface area (Å²) in [5.41, 5.74) is 4.24. The topological polar surface area (TPSA) is 72.5 Å². The summed E-state index contributed by atoms with van der Waals surface area (Å²) in [7, 11) is 1.00. The maximum absolute atomic E-state index is 12.5. The van der Waals surface area contributed by atoms with Gasteiger partial charge in [-0.05, 0) is 48.4 Å². The Morgan fingerprint density at radius 1 is 1.26 bits per heavy atom. The van der Waals surface area contributed by atoms with Crippen LogP contribution in [0.3, 0.4) is 0 Å². The molecule has 0 heterocycles. The fraction of sp³-hybridized carbons (Fsp3) is 0.526. The lowest BCUT2D eigenvalue weighted by Crippen LogP contribution is -2.24. The van der Waals surface area contributed by atoms with Crippen molar-refractivity contribution in [2.75, 3.05) is 7.11 Å². The number of allylic oxidation sites excluding steroid dienone is 2. The molecule has 23 heavy (non-hydrogen) atoms. The van der Waals surface area contributed by atoms with Gasteiger partial charge in [-0.15, -0.1) is 0 Å². The highest BCUT2D eigenvalue weighted by Crippen LogP contribution is 2.46. The minimum absolute atomic E-state index is 0.135. The third-order valence-electron chi connectivity index (χ3n) is 4.97. The van der Waals surface area contributed by atoms with E-state index in [9.17, 15) is 4.79 Å². The van der Waals surface area contributed by atoms with Crippen LogP contribution < -0.4 is 10.7 Å². The van der Waals surface area contributed by atoms with E-state index >= 15 is 0 Å². The molecule has 0 amide bonds. The molecule has 0 saturated heterocycles. The van der Waals surface area contributed by atoms with Crippen molar-refractivity contribution in [2.24, 2.45) is 11.8 Å². The summed E-state index contributed by atoms with van der Waals surface area (Å²) < 4.78 is 0. The van der Waals surface area contributed by atoms with Gasteiger partial charge in [-0.2, -0.15) is 5.90 Å². The van der Waals surface area contributed by atoms with Gasteiger partial charge < -0.3 is 9.94 Å². The van der Waals surface area contributed by atoms with Crippen molar-refractivity contribution in [1.29, 1.82) is 0 Å². The number of fused-ring (bicyclic) bond motifs is 3. The number of benzene rings is 1. The Hall–Kier alpha value is -1.65. The van der Waals surface area contributed by atoms with Crippen molar-refractivity contribution in [2.45, 2.75) is 51.9 Å². The largest absolute Gasteiger partial charge is 0.411 e. The summed E-state index contributed by atoms with van der Waals surface area (Å²) in [5.74, 6) is 7.42. The van der Waals surface area contributed by atoms with E-state index in [4.69, 9.17) is 15.8 Å². The summed E-state index contributed by atoms with van der Waals surface area (Å²) >= 11 is 0. The van der Waals surface area contributed by atoms with Gasteiger partial charge in [-0.25, -0.2) is 0 Å². The molecule has 2 aliphatic rings. The first-order valence-corrected chi connectivity index (χ1v) is 8.28. The van der Waals surface area contributed by atoms with Crippen LogP contribution in [0, 0.1) is 5.92 Å². The first-order valence-electron chi connectivity index (χ1n) is 8.28. The monoisotopic (exact) mass is 317 g/mol. The smallest absolute Gasteiger partial charge is 0.186 e. The number of hydrogen-bond donors (Lipinski definition) is 2. The highest BCUT2D eigenvalue weighted by atomic mass is 16.6. The van der Waals surface area contributed by atoms with Crippen molar-refractivity contribution in [3.05, 3.63) is 40.5 Å². The van der Waals surface area contributed by atoms with Crippen LogP contribution >= 0.6 is 0 Å². The normalized spacial score (nSPS) is 22.6. The van der Waals surface area contributed by atoms with Crippen LogP contribution in [-0.2, 0) is 0 Å². The molecule has 4 nitrogen and oxygen atoms in total. The predicted molar refractivity (Wildman–Crippen MR) is 91.7 cm³/mol. The number of hydrogen-bond acceptors (Lipinski definition) is 4. The molecule has 1 aromatic rings. The first-order chi connectivity index (χ1) is 11.0. The van der Waals surface area contributed by atoms with E-state index in [0.29, 0.717) is 17.6 Å². The van der Waals surface area contributed by atoms with E-state index in [-0.39, 0.29) is 11.7 Å². The molecule has 1 unspecified atom stereocenters. The number of aliphatic hydroxyl groups excluding tert-OH is 1. The Morgan fingerprint density at radius 2 is 1.96 bits per heavy atom. The number of aliphatic hydroxyl groups is 1. The third-order valence-corrected chi connectivity index (χ3v) is 4.97. The van der Waals surface area contributed by atoms with Crippen molar-refractivity contribution < 1.29 is 14.7 Å². The molecule has 0 aliphatic heterocycles. The number of carbonyl (C=O) groups excluding carboxylic acids is 1. The Bertz CT molecular complexity index is 619. The highest BCUT2D eigenvalue weighted by Gasteiger charge is 2.33. The van der Waals surface area contributed by atoms with Crippen LogP contribution in [0.4, 0.5) is 0 Å². The van der Waals surface area contributed by atoms with Crippen LogP contribution in [0.25, 0.3) is 0 Å². The molecule has 0 aromatic heterocycles. The summed E-state index contributed by atoms with van der Waals surface area (Å²) in [4.78, 5) is 17.6. The zero-order chi connectivity index (χ0) is 17.1. The SMILES string of the molecule is CC(C)c1cc2c(cc1ON)C1CCC[C@@H](C)C1=CC2=O.CO. The van der Waals surface area contributed by atoms with Gasteiger partial charge in [0.25, 0.3) is 0 Å². The van der Waals surface area contributed by atoms with E-state index in [0.717, 1.165) is 30.2 Å². The zero-order valence-corrected chi connectivity index (χ0v) is 14.4. The molecular formula is C19H27NO3. The van der Waals surface area contributed by atoms with Gasteiger partial charge in [0.2, 0.25) is 0 Å². The van der Waals surface area contributed by atoms with E-state index in [1.54, 1.807) is 0 Å². The van der Waals surface area contributed by atoms with Crippen molar-refractivity contribution in [3.8, 4) is 5.75 Å². The number of carbonyl (C=O) groups is 1. The average Bonchev–Trinajstić information content (AvgIpc) is 2.56. The number of nitrogens with two attached hydrogens (primary N) is 1. The molecule has 0 radical (unpaired) electrons. The van der Waals surface area contributed by atoms with Gasteiger partial charge >= 0.3 is 0 Å². The second-order valence-corrected chi connectivity index (χ2v) is 6.64. The molecule has 3 N–H and O–H groups in total. The minimum Gasteiger partial charge on any atom is -0.411 e. The lowest BCUT2D eigenvalue weighted by Gasteiger charge is -2.35. The van der Waals surface area contributed by atoms with Gasteiger partial charge in [0.1, 0.15) is 0 Å². The Morgan fingerprint density at radius 3 is 2.57 bits per heavy atom. The molecule has 3 rings (SSSR count). The van der Waals surface area contributed by atoms with Crippen molar-refractivity contribution in [1.82, 2.24) is 0 Å². The average molecular weight is 317 g/mol. The summed E-state index contributed by atoms with van der Waals surface area (Å²) in [6, 6.07) is 3.98. The van der Waals surface area contributed by atoms with E-state index < -0.39 is 0 Å². The Balaban J connectivity index is 0.000000924. The van der Waals surface area contributed by atoms with Crippen molar-refractivity contribution in [3.63, 3.8) is 0 Å². The van der Waals surface area contributed by atoms with E-state index in [1.165, 1.54) is 18.4 Å². The van der Waals surface area contributed by atoms with Crippen LogP contribution in [0.5, 0.6) is 5.75 Å². The summed E-state index contributed by atoms with van der Waals surface area (Å²) in [6.07, 6.45) is 5.38. The van der Waals surface area contributed by atoms with Gasteiger partial charge in [-0.1, -0.05) is 32.8 Å². The predicted octanol–water partition coefficient (Wildman–Crippen LogP) is 3.70. The second kappa shape index (κ2) is 7.28. The van der Waals surface area contributed by atoms with Gasteiger partial charge in [0.05, 0.1) is 0 Å². The summed E-state index contributed by atoms with van der Waals surface area (Å²) in [5, 5.41) is 7.00. The van der Waals surface area contributed by atoms with Crippen molar-refractivity contribution >= 4 is 5.78 Å². The maximum atomic E-state index is 12.5. The van der Waals surface area contributed by atoms with E-state index in [1.807, 2.05) is 18.2 Å². The standard InChI is InChI=1S/C18H23NO2.CH4O/c1-10(2)13-7-16-15(9-18(13)21-19)12-6-4-5-11(3)14(12)8-17(16)20;1-2/h7-12H,4-6,19H2,1-3H3;2H,1H3/t11-,12?;/m1./s1. The molecule has 126 valence electrons. The molecule has 4 heteroatoms. The van der Waals surface area contributed by atoms with Gasteiger partial charge in [0.15, 0.2) is 11.5 Å². The second-order valence-electron chi connectivity index (χ2n) is 6.64. The molecule has 1 saturated carbocycles. The molecular weight excluding hydrogens is 290 g/mol. The Kier molecular flexibility index (Phi) is 5.60. The lowest BCUT2D eigenvalue weighted by molar-refractivity contribution is 0.103. The van der Waals surface area contributed by atoms with E-state index in [2.05, 4.69) is 20.8 Å². The van der Waals surface area contributed by atoms with Crippen LogP contribution in [0.1, 0.15) is 73.4 Å². The fourth-order valence-electron chi connectivity index (χ4n) is 3.78. The lowest BCUT2D eigenvalue weighted by atomic mass is 9.69. The third kappa shape index (κ3) is 3.19. The molecule has 2 atom stereocenters. The molecule has 0 spiro atoms. The molecule has 2 aliphatic carbocycles. The van der Waals surface area contributed by atoms with Crippen LogP contribution in [0.2, 0.25) is 0 Å². The molecule has 1 aromatic carbocycles. The Labute approximate surface area is 138 Å². The molecule has 1 fully saturated rings. The van der Waals surface area contributed by atoms with Crippen LogP contribution in [-0.4, -0.2) is 18.0 Å². The number of rotatable bonds is 2. The minimum atomic E-state index is 0.135. The molecule has 0 bridgehead atoms. The van der Waals surface area contributed by atoms with Gasteiger partial charge in [-0.3, -0.25) is 4.79 Å². The summed E-state index contributed by atoms with van der Waals surface area (Å²) in [6.45, 7) is 6.39. The first kappa shape index (κ1) is 17.7. The van der Waals surface area contributed by atoms with Gasteiger partial charge in [0, 0.05) is 24.2 Å².